The number of rotatable bonds is 7. The Bertz CT molecular complexity index is 1210. The van der Waals surface area contributed by atoms with Crippen molar-refractivity contribution in [2.45, 2.75) is 12.0 Å². The van der Waals surface area contributed by atoms with E-state index >= 15 is 0 Å². The van der Waals surface area contributed by atoms with Crippen LogP contribution in [0.25, 0.3) is 27.5 Å². The predicted octanol–water partition coefficient (Wildman–Crippen LogP) is 2.49. The van der Waals surface area contributed by atoms with Crippen LogP contribution in [0.15, 0.2) is 42.9 Å². The van der Waals surface area contributed by atoms with Crippen molar-refractivity contribution in [3.05, 3.63) is 48.5 Å². The molecule has 5 N–H and O–H groups in total. The number of carboxylic acids is 1. The van der Waals surface area contributed by atoms with Crippen LogP contribution in [0.1, 0.15) is 12.1 Å². The number of hydrogen-bond acceptors (Lipinski definition) is 9. The number of carboxylic acid groups (broad SMARTS) is 1. The average Bonchev–Trinajstić information content (AvgIpc) is 3.37. The van der Waals surface area contributed by atoms with Crippen LogP contribution in [-0.2, 0) is 10.3 Å². The Labute approximate surface area is 180 Å². The fraction of sp³-hybridized carbons (Fsp3) is 0.211. The van der Waals surface area contributed by atoms with Crippen molar-refractivity contribution in [1.29, 1.82) is 0 Å². The van der Waals surface area contributed by atoms with Gasteiger partial charge in [0, 0.05) is 17.3 Å². The number of aromatic nitrogens is 5. The van der Waals surface area contributed by atoms with Gasteiger partial charge in [0.15, 0.2) is 11.2 Å². The molecule has 0 radical (unpaired) electrons. The molecule has 1 aromatic carbocycles. The second-order valence-corrected chi connectivity index (χ2v) is 8.68. The molecule has 3 aromatic heterocycles. The molecule has 154 valence electrons. The molecule has 0 saturated heterocycles. The molecule has 0 aliphatic heterocycles. The van der Waals surface area contributed by atoms with E-state index in [0.29, 0.717) is 16.5 Å². The molecule has 30 heavy (non-hydrogen) atoms. The topological polar surface area (TPSA) is 145 Å². The van der Waals surface area contributed by atoms with E-state index < -0.39 is 11.5 Å². The van der Waals surface area contributed by atoms with Gasteiger partial charge in [0.25, 0.3) is 0 Å². The smallest absolute Gasteiger partial charge is 0.330 e. The van der Waals surface area contributed by atoms with E-state index in [-0.39, 0.29) is 12.1 Å². The summed E-state index contributed by atoms with van der Waals surface area (Å²) in [6.45, 7) is 0. The second-order valence-electron chi connectivity index (χ2n) is 6.69. The van der Waals surface area contributed by atoms with Crippen LogP contribution in [0.2, 0.25) is 0 Å². The number of anilines is 1. The molecule has 0 fully saturated rings. The number of benzene rings is 1. The van der Waals surface area contributed by atoms with Gasteiger partial charge in [0.2, 0.25) is 5.13 Å². The first-order valence-corrected chi connectivity index (χ1v) is 11.2. The van der Waals surface area contributed by atoms with Crippen molar-refractivity contribution in [1.82, 2.24) is 24.6 Å². The minimum Gasteiger partial charge on any atom is -0.480 e. The monoisotopic (exact) mass is 441 g/mol. The first-order valence-electron chi connectivity index (χ1n) is 8.97. The fourth-order valence-corrected chi connectivity index (χ4v) is 4.22. The Morgan fingerprint density at radius 3 is 2.57 bits per heavy atom. The zero-order valence-electron chi connectivity index (χ0n) is 16.0. The molecule has 0 saturated carbocycles. The summed E-state index contributed by atoms with van der Waals surface area (Å²) in [6.07, 6.45) is 7.10. The Morgan fingerprint density at radius 1 is 1.20 bits per heavy atom. The molecule has 0 spiro atoms. The lowest BCUT2D eigenvalue weighted by Crippen LogP contribution is -2.46. The molecule has 9 nitrogen and oxygen atoms in total. The lowest BCUT2D eigenvalue weighted by atomic mass is 9.93. The van der Waals surface area contributed by atoms with E-state index in [9.17, 15) is 9.90 Å². The maximum Gasteiger partial charge on any atom is 0.330 e. The summed E-state index contributed by atoms with van der Waals surface area (Å²) < 4.78 is 1.81. The Balaban J connectivity index is 1.73. The first kappa shape index (κ1) is 20.3. The van der Waals surface area contributed by atoms with Gasteiger partial charge in [0.1, 0.15) is 5.01 Å². The lowest BCUT2D eigenvalue weighted by molar-refractivity contribution is -0.144. The van der Waals surface area contributed by atoms with Gasteiger partial charge >= 0.3 is 5.97 Å². The van der Waals surface area contributed by atoms with E-state index in [1.54, 1.807) is 30.4 Å². The van der Waals surface area contributed by atoms with Crippen LogP contribution in [0.5, 0.6) is 0 Å². The summed E-state index contributed by atoms with van der Waals surface area (Å²) in [5.41, 5.74) is 13.9. The van der Waals surface area contributed by atoms with Gasteiger partial charge in [-0.15, -0.1) is 10.2 Å². The molecule has 0 bridgehead atoms. The number of imidazole rings is 1. The third-order valence-corrected chi connectivity index (χ3v) is 6.22. The van der Waals surface area contributed by atoms with Crippen molar-refractivity contribution in [2.24, 2.45) is 5.73 Å². The van der Waals surface area contributed by atoms with Crippen molar-refractivity contribution >= 4 is 39.8 Å². The summed E-state index contributed by atoms with van der Waals surface area (Å²) in [5.74, 6) is -0.498. The molecular formula is C19H19N7O2S2. The Kier molecular flexibility index (Phi) is 5.41. The van der Waals surface area contributed by atoms with Crippen molar-refractivity contribution in [3.8, 4) is 21.8 Å². The van der Waals surface area contributed by atoms with Gasteiger partial charge in [-0.2, -0.15) is 11.8 Å². The second kappa shape index (κ2) is 8.01. The highest BCUT2D eigenvalue weighted by atomic mass is 32.2. The highest BCUT2D eigenvalue weighted by Crippen LogP contribution is 2.29. The minimum atomic E-state index is -1.57. The number of fused-ring (bicyclic) bond motifs is 1. The molecule has 4 rings (SSSR count). The minimum absolute atomic E-state index is 0.270. The van der Waals surface area contributed by atoms with Crippen LogP contribution >= 0.6 is 23.1 Å². The summed E-state index contributed by atoms with van der Waals surface area (Å²) in [4.78, 5) is 20.6. The normalized spacial score (nSPS) is 13.4. The van der Waals surface area contributed by atoms with Crippen LogP contribution in [-0.4, -0.2) is 47.7 Å². The number of nitrogen functional groups attached to an aromatic ring is 1. The van der Waals surface area contributed by atoms with Crippen LogP contribution < -0.4 is 11.5 Å². The molecule has 1 atom stereocenters. The number of carbonyl (C=O) groups is 1. The third-order valence-electron chi connectivity index (χ3n) is 4.80. The SMILES string of the molecule is CSCCC(N)(C(=O)O)c1cn2c(-c3ccc(-c4nnc(N)s4)cc3)cnc2cn1. The summed E-state index contributed by atoms with van der Waals surface area (Å²) in [5, 5.41) is 18.8. The molecule has 1 unspecified atom stereocenters. The standard InChI is InChI=1S/C19H19N7O2S2/c1-29-7-6-19(21,17(27)28)14-10-26-13(8-23-15(26)9-22-14)11-2-4-12(5-3-11)16-24-25-18(20)30-16/h2-5,8-10H,6-7,21H2,1H3,(H2,20,25)(H,27,28). The Hall–Kier alpha value is -3.02. The number of nitrogens with two attached hydrogens (primary N) is 2. The van der Waals surface area contributed by atoms with Gasteiger partial charge in [-0.25, -0.2) is 9.78 Å². The van der Waals surface area contributed by atoms with E-state index in [1.165, 1.54) is 11.3 Å². The fourth-order valence-electron chi connectivity index (χ4n) is 3.08. The molecule has 3 heterocycles. The van der Waals surface area contributed by atoms with Crippen LogP contribution in [0.3, 0.4) is 0 Å². The lowest BCUT2D eigenvalue weighted by Gasteiger charge is -2.23. The molecule has 0 amide bonds. The van der Waals surface area contributed by atoms with E-state index in [2.05, 4.69) is 20.2 Å². The highest BCUT2D eigenvalue weighted by Gasteiger charge is 2.37. The zero-order valence-corrected chi connectivity index (χ0v) is 17.7. The van der Waals surface area contributed by atoms with Gasteiger partial charge in [0.05, 0.1) is 23.8 Å². The first-order chi connectivity index (χ1) is 14.4. The van der Waals surface area contributed by atoms with E-state index in [0.717, 1.165) is 21.8 Å². The molecule has 11 heteroatoms. The Morgan fingerprint density at radius 2 is 1.93 bits per heavy atom. The van der Waals surface area contributed by atoms with E-state index in [4.69, 9.17) is 11.5 Å². The number of hydrogen-bond donors (Lipinski definition) is 3. The van der Waals surface area contributed by atoms with Gasteiger partial charge < -0.3 is 16.6 Å². The van der Waals surface area contributed by atoms with E-state index in [1.807, 2.05) is 34.9 Å². The summed E-state index contributed by atoms with van der Waals surface area (Å²) >= 11 is 2.86. The third kappa shape index (κ3) is 3.62. The molecule has 0 aliphatic rings. The molecule has 4 aromatic rings. The largest absolute Gasteiger partial charge is 0.480 e. The van der Waals surface area contributed by atoms with Crippen molar-refractivity contribution in [2.75, 3.05) is 17.7 Å². The van der Waals surface area contributed by atoms with Crippen LogP contribution in [0, 0.1) is 0 Å². The van der Waals surface area contributed by atoms with Crippen LogP contribution in [0.4, 0.5) is 5.13 Å². The average molecular weight is 442 g/mol. The maximum absolute atomic E-state index is 11.9. The van der Waals surface area contributed by atoms with Gasteiger partial charge in [-0.1, -0.05) is 35.6 Å². The highest BCUT2D eigenvalue weighted by molar-refractivity contribution is 7.98. The van der Waals surface area contributed by atoms with Crippen molar-refractivity contribution in [3.63, 3.8) is 0 Å². The maximum atomic E-state index is 11.9. The number of nitrogens with zero attached hydrogens (tertiary/aromatic N) is 5. The van der Waals surface area contributed by atoms with Gasteiger partial charge in [-0.05, 0) is 18.4 Å². The zero-order chi connectivity index (χ0) is 21.3. The van der Waals surface area contributed by atoms with Gasteiger partial charge in [-0.3, -0.25) is 9.38 Å². The summed E-state index contributed by atoms with van der Waals surface area (Å²) in [7, 11) is 0. The molecular weight excluding hydrogens is 422 g/mol. The van der Waals surface area contributed by atoms with Crippen molar-refractivity contribution < 1.29 is 9.90 Å². The molecule has 0 aliphatic carbocycles. The summed E-state index contributed by atoms with van der Waals surface area (Å²) in [6, 6.07) is 7.74. The quantitative estimate of drug-likeness (QED) is 0.394. The number of aliphatic carboxylic acids is 1. The number of thioether (sulfide) groups is 1. The predicted molar refractivity (Wildman–Crippen MR) is 118 cm³/mol.